The fourth-order valence-electron chi connectivity index (χ4n) is 2.96. The van der Waals surface area contributed by atoms with Gasteiger partial charge in [-0.05, 0) is 24.8 Å². The average Bonchev–Trinajstić information content (AvgIpc) is 3.30. The van der Waals surface area contributed by atoms with Crippen LogP contribution in [0.25, 0.3) is 0 Å². The molecule has 7 heteroatoms. The summed E-state index contributed by atoms with van der Waals surface area (Å²) in [6.07, 6.45) is 4.02. The van der Waals surface area contributed by atoms with Crippen molar-refractivity contribution in [2.75, 3.05) is 18.9 Å². The van der Waals surface area contributed by atoms with E-state index in [0.29, 0.717) is 12.3 Å². The minimum absolute atomic E-state index is 0.0353. The number of thioether (sulfide) groups is 1. The molecule has 1 aliphatic heterocycles. The SMILES string of the molecule is CCCNC(=O)CSc1nnc(Cc2ccccc2)n1CC1CCCO1. The quantitative estimate of drug-likeness (QED) is 0.684. The van der Waals surface area contributed by atoms with Crippen molar-refractivity contribution in [3.05, 3.63) is 41.7 Å². The van der Waals surface area contributed by atoms with Crippen molar-refractivity contribution in [2.24, 2.45) is 0 Å². The van der Waals surface area contributed by atoms with E-state index in [-0.39, 0.29) is 12.0 Å². The Bertz CT molecular complexity index is 699. The lowest BCUT2D eigenvalue weighted by molar-refractivity contribution is -0.118. The molecule has 0 spiro atoms. The first-order valence-corrected chi connectivity index (χ1v) is 10.2. The Labute approximate surface area is 158 Å². The lowest BCUT2D eigenvalue weighted by Crippen LogP contribution is -2.26. The molecule has 1 N–H and O–H groups in total. The molecular weight excluding hydrogens is 348 g/mol. The van der Waals surface area contributed by atoms with Crippen molar-refractivity contribution in [3.8, 4) is 0 Å². The number of benzene rings is 1. The number of amides is 1. The second-order valence-electron chi connectivity index (χ2n) is 6.45. The highest BCUT2D eigenvalue weighted by Gasteiger charge is 2.21. The first kappa shape index (κ1) is 18.9. The molecule has 0 bridgehead atoms. The van der Waals surface area contributed by atoms with Gasteiger partial charge in [0.05, 0.1) is 18.4 Å². The summed E-state index contributed by atoms with van der Waals surface area (Å²) in [6, 6.07) is 10.3. The molecule has 26 heavy (non-hydrogen) atoms. The fraction of sp³-hybridized carbons (Fsp3) is 0.526. The van der Waals surface area contributed by atoms with Gasteiger partial charge in [-0.3, -0.25) is 4.79 Å². The van der Waals surface area contributed by atoms with E-state index in [1.54, 1.807) is 0 Å². The van der Waals surface area contributed by atoms with Crippen molar-refractivity contribution in [1.82, 2.24) is 20.1 Å². The topological polar surface area (TPSA) is 69.0 Å². The summed E-state index contributed by atoms with van der Waals surface area (Å²) < 4.78 is 7.93. The van der Waals surface area contributed by atoms with E-state index >= 15 is 0 Å². The van der Waals surface area contributed by atoms with Crippen LogP contribution in [0.2, 0.25) is 0 Å². The summed E-state index contributed by atoms with van der Waals surface area (Å²) in [5.74, 6) is 1.31. The first-order valence-electron chi connectivity index (χ1n) is 9.23. The van der Waals surface area contributed by atoms with Crippen LogP contribution in [0, 0.1) is 0 Å². The van der Waals surface area contributed by atoms with Gasteiger partial charge >= 0.3 is 0 Å². The molecule has 1 fully saturated rings. The molecule has 1 unspecified atom stereocenters. The van der Waals surface area contributed by atoms with Crippen molar-refractivity contribution < 1.29 is 9.53 Å². The van der Waals surface area contributed by atoms with Crippen molar-refractivity contribution in [3.63, 3.8) is 0 Å². The van der Waals surface area contributed by atoms with E-state index in [1.807, 2.05) is 25.1 Å². The molecule has 3 rings (SSSR count). The molecule has 1 aromatic carbocycles. The highest BCUT2D eigenvalue weighted by atomic mass is 32.2. The van der Waals surface area contributed by atoms with Crippen LogP contribution in [-0.4, -0.2) is 45.7 Å². The third-order valence-corrected chi connectivity index (χ3v) is 5.28. The van der Waals surface area contributed by atoms with Crippen LogP contribution in [0.1, 0.15) is 37.6 Å². The lowest BCUT2D eigenvalue weighted by Gasteiger charge is -2.14. The molecule has 140 valence electrons. The number of ether oxygens (including phenoxy) is 1. The number of nitrogens with one attached hydrogen (secondary N) is 1. The molecule has 1 amide bonds. The van der Waals surface area contributed by atoms with Gasteiger partial charge in [0.1, 0.15) is 5.82 Å². The lowest BCUT2D eigenvalue weighted by atomic mass is 10.1. The average molecular weight is 375 g/mol. The predicted octanol–water partition coefficient (Wildman–Crippen LogP) is 2.67. The third kappa shape index (κ3) is 5.32. The number of hydrogen-bond acceptors (Lipinski definition) is 5. The van der Waals surface area contributed by atoms with Crippen molar-refractivity contribution >= 4 is 17.7 Å². The maximum absolute atomic E-state index is 11.9. The zero-order valence-electron chi connectivity index (χ0n) is 15.2. The molecular formula is C19H26N4O2S. The summed E-state index contributed by atoms with van der Waals surface area (Å²) in [5, 5.41) is 12.4. The predicted molar refractivity (Wildman–Crippen MR) is 102 cm³/mol. The van der Waals surface area contributed by atoms with Gasteiger partial charge < -0.3 is 14.6 Å². The highest BCUT2D eigenvalue weighted by Crippen LogP contribution is 2.22. The smallest absolute Gasteiger partial charge is 0.230 e. The van der Waals surface area contributed by atoms with Gasteiger partial charge in [-0.2, -0.15) is 0 Å². The molecule has 2 heterocycles. The minimum Gasteiger partial charge on any atom is -0.376 e. The van der Waals surface area contributed by atoms with Crippen LogP contribution in [-0.2, 0) is 22.5 Å². The van der Waals surface area contributed by atoms with Crippen LogP contribution >= 0.6 is 11.8 Å². The van der Waals surface area contributed by atoms with Crippen LogP contribution in [0.15, 0.2) is 35.5 Å². The Hall–Kier alpha value is -1.86. The van der Waals surface area contributed by atoms with E-state index in [2.05, 4.69) is 32.2 Å². The summed E-state index contributed by atoms with van der Waals surface area (Å²) in [5.41, 5.74) is 1.20. The molecule has 0 saturated carbocycles. The third-order valence-electron chi connectivity index (χ3n) is 4.31. The normalized spacial score (nSPS) is 16.7. The molecule has 1 aromatic heterocycles. The molecule has 1 aliphatic rings. The van der Waals surface area contributed by atoms with E-state index in [4.69, 9.17) is 4.74 Å². The summed E-state index contributed by atoms with van der Waals surface area (Å²) in [7, 11) is 0. The Balaban J connectivity index is 1.71. The summed E-state index contributed by atoms with van der Waals surface area (Å²) in [6.45, 7) is 4.32. The monoisotopic (exact) mass is 374 g/mol. The first-order chi connectivity index (χ1) is 12.8. The van der Waals surface area contributed by atoms with E-state index in [0.717, 1.165) is 49.8 Å². The molecule has 0 radical (unpaired) electrons. The second-order valence-corrected chi connectivity index (χ2v) is 7.39. The van der Waals surface area contributed by atoms with Gasteiger partial charge in [-0.25, -0.2) is 0 Å². The van der Waals surface area contributed by atoms with Crippen LogP contribution in [0.5, 0.6) is 0 Å². The Morgan fingerprint density at radius 1 is 1.35 bits per heavy atom. The second kappa shape index (κ2) is 9.73. The molecule has 6 nitrogen and oxygen atoms in total. The molecule has 1 saturated heterocycles. The highest BCUT2D eigenvalue weighted by molar-refractivity contribution is 7.99. The number of rotatable bonds is 9. The van der Waals surface area contributed by atoms with Gasteiger partial charge in [0, 0.05) is 19.6 Å². The zero-order chi connectivity index (χ0) is 18.2. The van der Waals surface area contributed by atoms with Crippen molar-refractivity contribution in [1.29, 1.82) is 0 Å². The van der Waals surface area contributed by atoms with Crippen LogP contribution in [0.4, 0.5) is 0 Å². The van der Waals surface area contributed by atoms with Crippen LogP contribution in [0.3, 0.4) is 0 Å². The van der Waals surface area contributed by atoms with Gasteiger partial charge in [0.25, 0.3) is 0 Å². The Kier molecular flexibility index (Phi) is 7.08. The minimum atomic E-state index is 0.0353. The van der Waals surface area contributed by atoms with Gasteiger partial charge in [-0.1, -0.05) is 49.0 Å². The number of carbonyl (C=O) groups excluding carboxylic acids is 1. The summed E-state index contributed by atoms with van der Waals surface area (Å²) >= 11 is 1.44. The van der Waals surface area contributed by atoms with Gasteiger partial charge in [0.2, 0.25) is 5.91 Å². The van der Waals surface area contributed by atoms with E-state index in [9.17, 15) is 4.79 Å². The number of hydrogen-bond donors (Lipinski definition) is 1. The maximum Gasteiger partial charge on any atom is 0.230 e. The number of nitrogens with zero attached hydrogens (tertiary/aromatic N) is 3. The standard InChI is InChI=1S/C19H26N4O2S/c1-2-10-20-18(24)14-26-19-22-21-17(12-15-7-4-3-5-8-15)23(19)13-16-9-6-11-25-16/h3-5,7-8,16H,2,6,9-14H2,1H3,(H,20,24). The Morgan fingerprint density at radius 2 is 2.19 bits per heavy atom. The molecule has 0 aliphatic carbocycles. The van der Waals surface area contributed by atoms with Crippen molar-refractivity contribution in [2.45, 2.75) is 50.4 Å². The Morgan fingerprint density at radius 3 is 2.92 bits per heavy atom. The van der Waals surface area contributed by atoms with E-state index in [1.165, 1.54) is 17.3 Å². The van der Waals surface area contributed by atoms with E-state index < -0.39 is 0 Å². The maximum atomic E-state index is 11.9. The largest absolute Gasteiger partial charge is 0.376 e. The molecule has 1 atom stereocenters. The zero-order valence-corrected chi connectivity index (χ0v) is 16.0. The fourth-order valence-corrected chi connectivity index (χ4v) is 3.75. The number of carbonyl (C=O) groups is 1. The summed E-state index contributed by atoms with van der Waals surface area (Å²) in [4.78, 5) is 11.9. The number of aromatic nitrogens is 3. The van der Waals surface area contributed by atoms with Gasteiger partial charge in [-0.15, -0.1) is 10.2 Å². The van der Waals surface area contributed by atoms with Gasteiger partial charge in [0.15, 0.2) is 5.16 Å². The molecule has 2 aromatic rings. The van der Waals surface area contributed by atoms with Crippen LogP contribution < -0.4 is 5.32 Å².